The molecule has 0 amide bonds. The van der Waals surface area contributed by atoms with Gasteiger partial charge >= 0.3 is 0 Å². The van der Waals surface area contributed by atoms with E-state index in [4.69, 9.17) is 0 Å². The number of hydrogen-bond donors (Lipinski definition) is 0. The van der Waals surface area contributed by atoms with Gasteiger partial charge in [-0.25, -0.2) is 8.78 Å². The summed E-state index contributed by atoms with van der Waals surface area (Å²) in [5.41, 5.74) is 1.20. The molecule has 1 saturated carbocycles. The van der Waals surface area contributed by atoms with Crippen LogP contribution in [0, 0.1) is 17.3 Å². The van der Waals surface area contributed by atoms with E-state index in [0.29, 0.717) is 18.6 Å². The Morgan fingerprint density at radius 2 is 2.21 bits per heavy atom. The van der Waals surface area contributed by atoms with Gasteiger partial charge < -0.3 is 0 Å². The SMILES string of the molecule is C[C@H](CCC(C)(F)F)C1=CC[C@@H]2C(=O)CCC[C@]12C. The number of carbonyl (C=O) groups excluding carboxylic acids is 1. The Labute approximate surface area is 114 Å². The largest absolute Gasteiger partial charge is 0.299 e. The topological polar surface area (TPSA) is 17.1 Å². The van der Waals surface area contributed by atoms with Crippen molar-refractivity contribution in [2.24, 2.45) is 17.3 Å². The first-order valence-corrected chi connectivity index (χ1v) is 7.35. The summed E-state index contributed by atoms with van der Waals surface area (Å²) in [6, 6.07) is 0. The molecule has 1 fully saturated rings. The van der Waals surface area contributed by atoms with Crippen LogP contribution in [0.3, 0.4) is 0 Å². The minimum Gasteiger partial charge on any atom is -0.299 e. The molecule has 108 valence electrons. The Hall–Kier alpha value is -0.730. The Bertz CT molecular complexity index is 394. The summed E-state index contributed by atoms with van der Waals surface area (Å²) in [6.45, 7) is 5.18. The van der Waals surface area contributed by atoms with Gasteiger partial charge in [-0.05, 0) is 43.9 Å². The second-order valence-electron chi connectivity index (χ2n) is 6.70. The van der Waals surface area contributed by atoms with E-state index >= 15 is 0 Å². The number of hydrogen-bond acceptors (Lipinski definition) is 1. The van der Waals surface area contributed by atoms with Gasteiger partial charge in [0, 0.05) is 18.8 Å². The standard InChI is InChI=1S/C16H24F2O/c1-11(8-10-16(3,17)18)12-6-7-13-14(19)5-4-9-15(12,13)2/h6,11,13H,4-5,7-10H2,1-3H3/t11-,13-,15-/m1/s1. The van der Waals surface area contributed by atoms with E-state index in [-0.39, 0.29) is 23.7 Å². The molecule has 0 unspecified atom stereocenters. The fourth-order valence-electron chi connectivity index (χ4n) is 3.94. The number of alkyl halides is 2. The molecule has 0 bridgehead atoms. The van der Waals surface area contributed by atoms with E-state index in [1.54, 1.807) is 0 Å². The first-order valence-electron chi connectivity index (χ1n) is 7.35. The van der Waals surface area contributed by atoms with Crippen molar-refractivity contribution in [3.63, 3.8) is 0 Å². The minimum absolute atomic E-state index is 0.0578. The number of halogens is 2. The van der Waals surface area contributed by atoms with Crippen LogP contribution in [0.5, 0.6) is 0 Å². The van der Waals surface area contributed by atoms with Gasteiger partial charge in [0.1, 0.15) is 5.78 Å². The fourth-order valence-corrected chi connectivity index (χ4v) is 3.94. The maximum absolute atomic E-state index is 13.0. The van der Waals surface area contributed by atoms with Gasteiger partial charge in [0.15, 0.2) is 0 Å². The molecule has 1 nitrogen and oxygen atoms in total. The first kappa shape index (κ1) is 14.7. The third-order valence-corrected chi connectivity index (χ3v) is 5.06. The van der Waals surface area contributed by atoms with Crippen molar-refractivity contribution in [3.8, 4) is 0 Å². The third-order valence-electron chi connectivity index (χ3n) is 5.06. The number of Topliss-reactive ketones (excluding diaryl/α,β-unsaturated/α-hetero) is 1. The summed E-state index contributed by atoms with van der Waals surface area (Å²) in [5, 5.41) is 0. The normalized spacial score (nSPS) is 33.0. The molecule has 0 aromatic heterocycles. The molecule has 0 spiro atoms. The summed E-state index contributed by atoms with van der Waals surface area (Å²) in [5.74, 6) is -1.95. The molecule has 3 heteroatoms. The van der Waals surface area contributed by atoms with Crippen molar-refractivity contribution in [3.05, 3.63) is 11.6 Å². The predicted octanol–water partition coefficient (Wildman–Crippen LogP) is 4.76. The van der Waals surface area contributed by atoms with Crippen molar-refractivity contribution in [2.45, 2.75) is 65.2 Å². The van der Waals surface area contributed by atoms with E-state index in [2.05, 4.69) is 13.0 Å². The zero-order valence-electron chi connectivity index (χ0n) is 12.1. The highest BCUT2D eigenvalue weighted by Gasteiger charge is 2.47. The van der Waals surface area contributed by atoms with Crippen LogP contribution in [0.25, 0.3) is 0 Å². The van der Waals surface area contributed by atoms with E-state index in [1.165, 1.54) is 5.57 Å². The number of carbonyl (C=O) groups is 1. The van der Waals surface area contributed by atoms with Crippen molar-refractivity contribution in [1.29, 1.82) is 0 Å². The van der Waals surface area contributed by atoms with Crippen LogP contribution in [-0.2, 0) is 4.79 Å². The van der Waals surface area contributed by atoms with Gasteiger partial charge in [-0.1, -0.05) is 25.5 Å². The molecule has 2 aliphatic rings. The number of rotatable bonds is 4. The van der Waals surface area contributed by atoms with Crippen molar-refractivity contribution in [1.82, 2.24) is 0 Å². The first-order chi connectivity index (χ1) is 8.74. The molecule has 0 heterocycles. The molecule has 0 N–H and O–H groups in total. The maximum atomic E-state index is 13.0. The zero-order valence-corrected chi connectivity index (χ0v) is 12.1. The van der Waals surface area contributed by atoms with Crippen LogP contribution in [0.15, 0.2) is 11.6 Å². The predicted molar refractivity (Wildman–Crippen MR) is 72.2 cm³/mol. The molecule has 0 aromatic rings. The molecule has 0 aliphatic heterocycles. The zero-order chi connectivity index (χ0) is 14.3. The van der Waals surface area contributed by atoms with Crippen LogP contribution in [0.4, 0.5) is 8.78 Å². The second kappa shape index (κ2) is 4.99. The average molecular weight is 270 g/mol. The number of allylic oxidation sites excluding steroid dienone is 2. The van der Waals surface area contributed by atoms with E-state index in [9.17, 15) is 13.6 Å². The monoisotopic (exact) mass is 270 g/mol. The van der Waals surface area contributed by atoms with E-state index in [1.807, 2.05) is 6.92 Å². The van der Waals surface area contributed by atoms with Gasteiger partial charge in [0.25, 0.3) is 0 Å². The quantitative estimate of drug-likeness (QED) is 0.673. The molecule has 0 aromatic carbocycles. The minimum atomic E-state index is -2.59. The van der Waals surface area contributed by atoms with Gasteiger partial charge in [-0.2, -0.15) is 0 Å². The summed E-state index contributed by atoms with van der Waals surface area (Å²) in [4.78, 5) is 12.0. The number of fused-ring (bicyclic) bond motifs is 1. The van der Waals surface area contributed by atoms with E-state index in [0.717, 1.165) is 26.2 Å². The average Bonchev–Trinajstić information content (AvgIpc) is 2.64. The molecule has 0 radical (unpaired) electrons. The Kier molecular flexibility index (Phi) is 3.85. The Balaban J connectivity index is 2.06. The van der Waals surface area contributed by atoms with Crippen LogP contribution < -0.4 is 0 Å². The van der Waals surface area contributed by atoms with Gasteiger partial charge in [0.05, 0.1) is 0 Å². The highest BCUT2D eigenvalue weighted by atomic mass is 19.3. The molecule has 19 heavy (non-hydrogen) atoms. The fraction of sp³-hybridized carbons (Fsp3) is 0.812. The smallest absolute Gasteiger partial charge is 0.245 e. The lowest BCUT2D eigenvalue weighted by Gasteiger charge is -2.40. The Morgan fingerprint density at radius 3 is 2.84 bits per heavy atom. The summed E-state index contributed by atoms with van der Waals surface area (Å²) >= 11 is 0. The lowest BCUT2D eigenvalue weighted by Crippen LogP contribution is -2.36. The van der Waals surface area contributed by atoms with Crippen LogP contribution in [-0.4, -0.2) is 11.7 Å². The van der Waals surface area contributed by atoms with Gasteiger partial charge in [0.2, 0.25) is 5.92 Å². The molecule has 0 saturated heterocycles. The summed E-state index contributed by atoms with van der Waals surface area (Å²) in [7, 11) is 0. The van der Waals surface area contributed by atoms with Gasteiger partial charge in [-0.3, -0.25) is 4.79 Å². The Morgan fingerprint density at radius 1 is 1.53 bits per heavy atom. The van der Waals surface area contributed by atoms with Crippen LogP contribution in [0.2, 0.25) is 0 Å². The molecular weight excluding hydrogens is 246 g/mol. The van der Waals surface area contributed by atoms with Crippen molar-refractivity contribution >= 4 is 5.78 Å². The van der Waals surface area contributed by atoms with Crippen LogP contribution in [0.1, 0.15) is 59.3 Å². The second-order valence-corrected chi connectivity index (χ2v) is 6.70. The maximum Gasteiger partial charge on any atom is 0.245 e. The third kappa shape index (κ3) is 2.90. The highest BCUT2D eigenvalue weighted by Crippen LogP contribution is 2.54. The summed E-state index contributed by atoms with van der Waals surface area (Å²) in [6.07, 6.45) is 6.08. The number of ketones is 1. The lowest BCUT2D eigenvalue weighted by atomic mass is 9.63. The van der Waals surface area contributed by atoms with E-state index < -0.39 is 5.92 Å². The molecule has 2 aliphatic carbocycles. The summed E-state index contributed by atoms with van der Waals surface area (Å²) < 4.78 is 26.0. The van der Waals surface area contributed by atoms with Crippen molar-refractivity contribution in [2.75, 3.05) is 0 Å². The van der Waals surface area contributed by atoms with Gasteiger partial charge in [-0.15, -0.1) is 0 Å². The molecular formula is C16H24F2O. The highest BCUT2D eigenvalue weighted by molar-refractivity contribution is 5.84. The van der Waals surface area contributed by atoms with Crippen molar-refractivity contribution < 1.29 is 13.6 Å². The molecule has 2 rings (SSSR count). The van der Waals surface area contributed by atoms with Crippen LogP contribution >= 0.6 is 0 Å². The lowest BCUT2D eigenvalue weighted by molar-refractivity contribution is -0.128. The molecule has 3 atom stereocenters.